The highest BCUT2D eigenvalue weighted by atomic mass is 35.5. The SMILES string of the molecule is Cc1ccc(-n2cc(-c3ccc(Cl)cc3)nc2NC(=O)CN(CCN2CCOCC2)C(=O)CC(C)C)cc1. The summed E-state index contributed by atoms with van der Waals surface area (Å²) in [6.45, 7) is 10.3. The van der Waals surface area contributed by atoms with Gasteiger partial charge in [-0.05, 0) is 37.1 Å². The molecule has 1 aliphatic heterocycles. The molecule has 0 radical (unpaired) electrons. The number of halogens is 1. The Balaban J connectivity index is 1.54. The number of aromatic nitrogens is 2. The number of imidazole rings is 1. The Bertz CT molecular complexity index is 1220. The predicted molar refractivity (Wildman–Crippen MR) is 151 cm³/mol. The second kappa shape index (κ2) is 13.0. The average molecular weight is 538 g/mol. The maximum Gasteiger partial charge on any atom is 0.246 e. The molecule has 0 saturated carbocycles. The number of benzene rings is 2. The van der Waals surface area contributed by atoms with Gasteiger partial charge in [0, 0.05) is 55.1 Å². The first-order chi connectivity index (χ1) is 18.3. The van der Waals surface area contributed by atoms with Crippen molar-refractivity contribution >= 4 is 29.4 Å². The fraction of sp³-hybridized carbons (Fsp3) is 0.414. The minimum absolute atomic E-state index is 0.0212. The van der Waals surface area contributed by atoms with Gasteiger partial charge in [0.2, 0.25) is 17.8 Å². The van der Waals surface area contributed by atoms with Crippen molar-refractivity contribution in [2.75, 3.05) is 51.3 Å². The second-order valence-electron chi connectivity index (χ2n) is 10.1. The number of nitrogens with one attached hydrogen (secondary N) is 1. The third-order valence-electron chi connectivity index (χ3n) is 6.47. The molecule has 2 aromatic carbocycles. The lowest BCUT2D eigenvalue weighted by Gasteiger charge is -2.30. The lowest BCUT2D eigenvalue weighted by atomic mass is 10.1. The normalized spacial score (nSPS) is 14.0. The Labute approximate surface area is 229 Å². The zero-order valence-electron chi connectivity index (χ0n) is 22.3. The number of rotatable bonds is 10. The van der Waals surface area contributed by atoms with Gasteiger partial charge in [0.25, 0.3) is 0 Å². The Kier molecular flexibility index (Phi) is 9.55. The van der Waals surface area contributed by atoms with Gasteiger partial charge in [0.1, 0.15) is 0 Å². The average Bonchev–Trinajstić information content (AvgIpc) is 3.31. The minimum atomic E-state index is -0.286. The Morgan fingerprint density at radius 1 is 1.08 bits per heavy atom. The summed E-state index contributed by atoms with van der Waals surface area (Å²) in [5.74, 6) is 0.296. The van der Waals surface area contributed by atoms with E-state index in [1.165, 1.54) is 0 Å². The predicted octanol–water partition coefficient (Wildman–Crippen LogP) is 4.65. The van der Waals surface area contributed by atoms with Crippen LogP contribution in [0, 0.1) is 12.8 Å². The van der Waals surface area contributed by atoms with Crippen LogP contribution in [0.2, 0.25) is 5.02 Å². The quantitative estimate of drug-likeness (QED) is 0.407. The van der Waals surface area contributed by atoms with Crippen LogP contribution in [0.1, 0.15) is 25.8 Å². The molecule has 2 amide bonds. The molecule has 4 rings (SSSR count). The third-order valence-corrected chi connectivity index (χ3v) is 6.72. The molecule has 202 valence electrons. The number of carbonyl (C=O) groups is 2. The number of amides is 2. The van der Waals surface area contributed by atoms with Crippen LogP contribution in [0.3, 0.4) is 0 Å². The molecule has 9 heteroatoms. The van der Waals surface area contributed by atoms with Crippen molar-refractivity contribution in [1.82, 2.24) is 19.4 Å². The third kappa shape index (κ3) is 7.66. The molecular weight excluding hydrogens is 502 g/mol. The Hall–Kier alpha value is -3.20. The van der Waals surface area contributed by atoms with Crippen molar-refractivity contribution in [3.8, 4) is 16.9 Å². The number of anilines is 1. The smallest absolute Gasteiger partial charge is 0.246 e. The Morgan fingerprint density at radius 2 is 1.76 bits per heavy atom. The van der Waals surface area contributed by atoms with Gasteiger partial charge in [-0.15, -0.1) is 0 Å². The number of carbonyl (C=O) groups excluding carboxylic acids is 2. The summed E-state index contributed by atoms with van der Waals surface area (Å²) in [5.41, 5.74) is 3.60. The molecule has 1 aromatic heterocycles. The van der Waals surface area contributed by atoms with E-state index in [0.717, 1.165) is 29.9 Å². The first kappa shape index (κ1) is 27.8. The fourth-order valence-corrected chi connectivity index (χ4v) is 4.45. The summed E-state index contributed by atoms with van der Waals surface area (Å²) in [6, 6.07) is 15.4. The summed E-state index contributed by atoms with van der Waals surface area (Å²) in [5, 5.41) is 3.60. The molecule has 8 nitrogen and oxygen atoms in total. The highest BCUT2D eigenvalue weighted by Gasteiger charge is 2.22. The van der Waals surface area contributed by atoms with E-state index >= 15 is 0 Å². The summed E-state index contributed by atoms with van der Waals surface area (Å²) in [4.78, 5) is 35.0. The van der Waals surface area contributed by atoms with Crippen LogP contribution in [0.15, 0.2) is 54.7 Å². The summed E-state index contributed by atoms with van der Waals surface area (Å²) >= 11 is 6.07. The van der Waals surface area contributed by atoms with Crippen LogP contribution in [0.5, 0.6) is 0 Å². The molecule has 0 atom stereocenters. The van der Waals surface area contributed by atoms with Gasteiger partial charge in [0.05, 0.1) is 25.5 Å². The molecule has 38 heavy (non-hydrogen) atoms. The van der Waals surface area contributed by atoms with Gasteiger partial charge < -0.3 is 9.64 Å². The molecule has 2 heterocycles. The summed E-state index contributed by atoms with van der Waals surface area (Å²) in [7, 11) is 0. The minimum Gasteiger partial charge on any atom is -0.379 e. The maximum absolute atomic E-state index is 13.3. The topological polar surface area (TPSA) is 79.7 Å². The number of hydrogen-bond donors (Lipinski definition) is 1. The van der Waals surface area contributed by atoms with Gasteiger partial charge in [-0.2, -0.15) is 0 Å². The molecule has 0 aliphatic carbocycles. The van der Waals surface area contributed by atoms with Crippen molar-refractivity contribution in [2.24, 2.45) is 5.92 Å². The second-order valence-corrected chi connectivity index (χ2v) is 10.5. The van der Waals surface area contributed by atoms with E-state index in [1.807, 2.05) is 80.1 Å². The maximum atomic E-state index is 13.3. The van der Waals surface area contributed by atoms with Crippen molar-refractivity contribution < 1.29 is 14.3 Å². The lowest BCUT2D eigenvalue weighted by molar-refractivity contribution is -0.135. The molecular formula is C29H36ClN5O3. The first-order valence-corrected chi connectivity index (χ1v) is 13.5. The van der Waals surface area contributed by atoms with Crippen LogP contribution >= 0.6 is 11.6 Å². The van der Waals surface area contributed by atoms with Gasteiger partial charge in [0.15, 0.2) is 0 Å². The molecule has 0 bridgehead atoms. The molecule has 1 aliphatic rings. The first-order valence-electron chi connectivity index (χ1n) is 13.1. The van der Waals surface area contributed by atoms with Crippen LogP contribution in [0.25, 0.3) is 16.9 Å². The van der Waals surface area contributed by atoms with Crippen LogP contribution in [0.4, 0.5) is 5.95 Å². The van der Waals surface area contributed by atoms with Crippen LogP contribution < -0.4 is 5.32 Å². The van der Waals surface area contributed by atoms with Crippen LogP contribution in [-0.2, 0) is 14.3 Å². The zero-order valence-corrected chi connectivity index (χ0v) is 23.1. The molecule has 1 saturated heterocycles. The van der Waals surface area contributed by atoms with Crippen molar-refractivity contribution in [1.29, 1.82) is 0 Å². The van der Waals surface area contributed by atoms with Gasteiger partial charge >= 0.3 is 0 Å². The summed E-state index contributed by atoms with van der Waals surface area (Å²) < 4.78 is 7.29. The zero-order chi connectivity index (χ0) is 27.1. The van der Waals surface area contributed by atoms with Gasteiger partial charge in [-0.3, -0.25) is 24.4 Å². The van der Waals surface area contributed by atoms with E-state index < -0.39 is 0 Å². The fourth-order valence-electron chi connectivity index (χ4n) is 4.33. The standard InChI is InChI=1S/C29H36ClN5O3/c1-21(2)18-28(37)34(13-12-33-14-16-38-17-15-33)20-27(36)32-29-31-26(23-6-8-24(30)9-7-23)19-35(29)25-10-4-22(3)5-11-25/h4-11,19,21H,12-18,20H2,1-3H3,(H,31,32,36). The number of nitrogens with zero attached hydrogens (tertiary/aromatic N) is 4. The molecule has 3 aromatic rings. The van der Waals surface area contributed by atoms with Crippen molar-refractivity contribution in [2.45, 2.75) is 27.2 Å². The van der Waals surface area contributed by atoms with Gasteiger partial charge in [-0.1, -0.05) is 55.3 Å². The summed E-state index contributed by atoms with van der Waals surface area (Å²) in [6.07, 6.45) is 2.29. The lowest BCUT2D eigenvalue weighted by Crippen LogP contribution is -2.45. The Morgan fingerprint density at radius 3 is 2.42 bits per heavy atom. The highest BCUT2D eigenvalue weighted by Crippen LogP contribution is 2.26. The number of ether oxygens (including phenoxy) is 1. The van der Waals surface area contributed by atoms with Gasteiger partial charge in [-0.25, -0.2) is 4.98 Å². The highest BCUT2D eigenvalue weighted by molar-refractivity contribution is 6.30. The van der Waals surface area contributed by atoms with Crippen molar-refractivity contribution in [3.05, 3.63) is 65.3 Å². The molecule has 0 unspecified atom stereocenters. The van der Waals surface area contributed by atoms with Crippen molar-refractivity contribution in [3.63, 3.8) is 0 Å². The number of aryl methyl sites for hydroxylation is 1. The van der Waals surface area contributed by atoms with E-state index in [9.17, 15) is 9.59 Å². The van der Waals surface area contributed by atoms with E-state index in [1.54, 1.807) is 4.90 Å². The number of morpholine rings is 1. The number of hydrogen-bond acceptors (Lipinski definition) is 5. The molecule has 0 spiro atoms. The van der Waals surface area contributed by atoms with E-state index in [2.05, 4.69) is 10.2 Å². The monoisotopic (exact) mass is 537 g/mol. The van der Waals surface area contributed by atoms with E-state index in [4.69, 9.17) is 21.3 Å². The molecule has 1 fully saturated rings. The van der Waals surface area contributed by atoms with E-state index in [-0.39, 0.29) is 24.3 Å². The van der Waals surface area contributed by atoms with Crippen LogP contribution in [-0.4, -0.2) is 77.1 Å². The largest absolute Gasteiger partial charge is 0.379 e. The van der Waals surface area contributed by atoms with E-state index in [0.29, 0.717) is 49.4 Å². The molecule has 1 N–H and O–H groups in total.